The molecule has 40 heavy (non-hydrogen) atoms. The molecule has 0 aromatic heterocycles. The molecule has 4 rings (SSSR count). The van der Waals surface area contributed by atoms with E-state index >= 15 is 0 Å². The predicted molar refractivity (Wildman–Crippen MR) is 163 cm³/mol. The van der Waals surface area contributed by atoms with E-state index in [1.54, 1.807) is 18.7 Å². The van der Waals surface area contributed by atoms with Gasteiger partial charge in [-0.05, 0) is 44.1 Å². The summed E-state index contributed by atoms with van der Waals surface area (Å²) in [6.45, 7) is 4.65. The lowest BCUT2D eigenvalue weighted by Gasteiger charge is -2.34. The number of likely N-dealkylation sites (tertiary alicyclic amines) is 1. The monoisotopic (exact) mass is 588 g/mol. The summed E-state index contributed by atoms with van der Waals surface area (Å²) in [6, 6.07) is 9.75. The lowest BCUT2D eigenvalue weighted by molar-refractivity contribution is -0.159. The number of hydrogen-bond acceptors (Lipinski definition) is 7. The molecule has 1 aromatic rings. The summed E-state index contributed by atoms with van der Waals surface area (Å²) in [6.07, 6.45) is 9.79. The molecule has 3 aliphatic rings. The molecule has 2 saturated heterocycles. The van der Waals surface area contributed by atoms with E-state index in [0.717, 1.165) is 38.9 Å². The number of carbonyl (C=O) groups excluding carboxylic acids is 3. The van der Waals surface area contributed by atoms with Crippen LogP contribution in [0.2, 0.25) is 0 Å². The summed E-state index contributed by atoms with van der Waals surface area (Å²) >= 11 is 7.30. The van der Waals surface area contributed by atoms with E-state index in [4.69, 9.17) is 17.0 Å². The van der Waals surface area contributed by atoms with Crippen LogP contribution in [0.3, 0.4) is 0 Å². The van der Waals surface area contributed by atoms with Crippen LogP contribution in [0.4, 0.5) is 0 Å². The summed E-state index contributed by atoms with van der Waals surface area (Å²) in [5.41, 5.74) is 1.31. The van der Waals surface area contributed by atoms with Crippen LogP contribution in [0.1, 0.15) is 70.3 Å². The molecule has 3 fully saturated rings. The minimum Gasteiger partial charge on any atom is -0.459 e. The Hall–Kier alpha value is -2.17. The number of hydrogen-bond donors (Lipinski definition) is 2. The van der Waals surface area contributed by atoms with E-state index in [-0.39, 0.29) is 18.6 Å². The van der Waals surface area contributed by atoms with Crippen molar-refractivity contribution in [2.24, 2.45) is 5.92 Å². The van der Waals surface area contributed by atoms with Gasteiger partial charge in [0, 0.05) is 31.4 Å². The van der Waals surface area contributed by atoms with Gasteiger partial charge in [-0.25, -0.2) is 4.79 Å². The number of rotatable bonds is 10. The number of amides is 2. The van der Waals surface area contributed by atoms with Gasteiger partial charge in [0.2, 0.25) is 5.91 Å². The topological polar surface area (TPSA) is 91.0 Å². The average molecular weight is 589 g/mol. The van der Waals surface area contributed by atoms with Gasteiger partial charge in [-0.3, -0.25) is 14.5 Å². The van der Waals surface area contributed by atoms with E-state index < -0.39 is 24.0 Å². The van der Waals surface area contributed by atoms with Gasteiger partial charge < -0.3 is 20.3 Å². The maximum absolute atomic E-state index is 13.6. The predicted octanol–water partition coefficient (Wildman–Crippen LogP) is 3.88. The Bertz CT molecular complexity index is 997. The van der Waals surface area contributed by atoms with Crippen molar-refractivity contribution in [1.29, 1.82) is 0 Å². The number of nitrogens with one attached hydrogen (secondary N) is 2. The number of carbonyl (C=O) groups is 3. The quantitative estimate of drug-likeness (QED) is 0.242. The molecular formula is C30H44N4O4S2. The first-order chi connectivity index (χ1) is 19.4. The van der Waals surface area contributed by atoms with E-state index in [9.17, 15) is 14.4 Å². The fourth-order valence-corrected chi connectivity index (χ4v) is 7.59. The van der Waals surface area contributed by atoms with Crippen molar-refractivity contribution in [3.63, 3.8) is 0 Å². The van der Waals surface area contributed by atoms with Crippen LogP contribution in [0.25, 0.3) is 0 Å². The van der Waals surface area contributed by atoms with Gasteiger partial charge in [-0.2, -0.15) is 0 Å². The number of thiocarbonyl (C=S) groups is 1. The number of esters is 1. The van der Waals surface area contributed by atoms with Crippen LogP contribution in [0.15, 0.2) is 30.3 Å². The largest absolute Gasteiger partial charge is 0.459 e. The minimum absolute atomic E-state index is 0.0198. The Morgan fingerprint density at radius 1 is 1.07 bits per heavy atom. The highest BCUT2D eigenvalue weighted by Gasteiger charge is 2.37. The van der Waals surface area contributed by atoms with Gasteiger partial charge in [-0.15, -0.1) is 11.8 Å². The van der Waals surface area contributed by atoms with Crippen molar-refractivity contribution in [1.82, 2.24) is 20.4 Å². The van der Waals surface area contributed by atoms with Crippen molar-refractivity contribution in [3.05, 3.63) is 35.9 Å². The Labute approximate surface area is 248 Å². The molecule has 2 aliphatic heterocycles. The second kappa shape index (κ2) is 15.7. The Morgan fingerprint density at radius 2 is 1.80 bits per heavy atom. The molecule has 220 valence electrons. The fraction of sp³-hybridized carbons (Fsp3) is 0.667. The third-order valence-corrected chi connectivity index (χ3v) is 9.70. The van der Waals surface area contributed by atoms with Crippen molar-refractivity contribution < 1.29 is 19.1 Å². The molecule has 0 unspecified atom stereocenters. The molecule has 2 atom stereocenters. The Balaban J connectivity index is 1.33. The summed E-state index contributed by atoms with van der Waals surface area (Å²) in [7, 11) is 0. The number of benzene rings is 1. The maximum atomic E-state index is 13.6. The molecule has 1 aromatic carbocycles. The van der Waals surface area contributed by atoms with E-state index in [0.29, 0.717) is 29.0 Å². The molecular weight excluding hydrogens is 544 g/mol. The molecule has 0 spiro atoms. The number of thioether (sulfide) groups is 1. The van der Waals surface area contributed by atoms with Gasteiger partial charge in [0.05, 0.1) is 23.5 Å². The third kappa shape index (κ3) is 8.91. The molecule has 1 saturated carbocycles. The number of nitrogens with zero attached hydrogens (tertiary/aromatic N) is 2. The Morgan fingerprint density at radius 3 is 2.50 bits per heavy atom. The normalized spacial score (nSPS) is 21.5. The first-order valence-electron chi connectivity index (χ1n) is 14.9. The SMILES string of the molecule is CCOC(=O)C(=O)N1CSC[C@@H]1C(=S)N[C@H](CCC1CCCCC1)C(=O)NC1CCN(Cc2ccccc2)CC1. The van der Waals surface area contributed by atoms with Crippen LogP contribution in [-0.2, 0) is 25.7 Å². The molecule has 0 bridgehead atoms. The minimum atomic E-state index is -0.858. The van der Waals surface area contributed by atoms with Crippen molar-refractivity contribution >= 4 is 46.8 Å². The van der Waals surface area contributed by atoms with E-state index in [1.165, 1.54) is 42.6 Å². The van der Waals surface area contributed by atoms with Crippen LogP contribution >= 0.6 is 24.0 Å². The number of piperidine rings is 1. The molecule has 1 aliphatic carbocycles. The highest BCUT2D eigenvalue weighted by atomic mass is 32.2. The van der Waals surface area contributed by atoms with E-state index in [2.05, 4.69) is 39.8 Å². The standard InChI is InChI=1S/C30H44N4O4S2/c1-2-38-30(37)29(36)34-21-40-20-26(34)28(39)32-25(14-13-22-9-5-3-6-10-22)27(35)31-24-15-17-33(18-16-24)19-23-11-7-4-8-12-23/h4,7-8,11-12,22,24-26H,2-3,5-6,9-10,13-21H2,1H3,(H,31,35)(H,32,39)/t25-,26-/m1/s1. The maximum Gasteiger partial charge on any atom is 0.397 e. The van der Waals surface area contributed by atoms with Crippen molar-refractivity contribution in [2.75, 3.05) is 31.3 Å². The van der Waals surface area contributed by atoms with Gasteiger partial charge in [-0.1, -0.05) is 74.7 Å². The van der Waals surface area contributed by atoms with Crippen LogP contribution in [0.5, 0.6) is 0 Å². The Kier molecular flexibility index (Phi) is 12.1. The zero-order valence-corrected chi connectivity index (χ0v) is 25.3. The van der Waals surface area contributed by atoms with Crippen molar-refractivity contribution in [3.8, 4) is 0 Å². The second-order valence-electron chi connectivity index (χ2n) is 11.2. The average Bonchev–Trinajstić information content (AvgIpc) is 3.47. The highest BCUT2D eigenvalue weighted by molar-refractivity contribution is 7.99. The molecule has 10 heteroatoms. The zero-order valence-electron chi connectivity index (χ0n) is 23.6. The smallest absolute Gasteiger partial charge is 0.397 e. The third-order valence-electron chi connectivity index (χ3n) is 8.30. The lowest BCUT2D eigenvalue weighted by atomic mass is 9.85. The first kappa shape index (κ1) is 30.8. The summed E-state index contributed by atoms with van der Waals surface area (Å²) < 4.78 is 4.92. The van der Waals surface area contributed by atoms with Gasteiger partial charge in [0.1, 0.15) is 6.04 Å². The van der Waals surface area contributed by atoms with E-state index in [1.807, 2.05) is 6.07 Å². The second-order valence-corrected chi connectivity index (χ2v) is 12.6. The lowest BCUT2D eigenvalue weighted by Crippen LogP contribution is -2.56. The molecule has 2 N–H and O–H groups in total. The van der Waals surface area contributed by atoms with Gasteiger partial charge >= 0.3 is 11.9 Å². The molecule has 2 heterocycles. The van der Waals surface area contributed by atoms with Crippen molar-refractivity contribution in [2.45, 2.75) is 89.4 Å². The zero-order chi connectivity index (χ0) is 28.3. The number of ether oxygens (including phenoxy) is 1. The van der Waals surface area contributed by atoms with Gasteiger partial charge in [0.25, 0.3) is 0 Å². The first-order valence-corrected chi connectivity index (χ1v) is 16.4. The summed E-state index contributed by atoms with van der Waals surface area (Å²) in [5, 5.41) is 6.64. The van der Waals surface area contributed by atoms with Gasteiger partial charge in [0.15, 0.2) is 0 Å². The van der Waals surface area contributed by atoms with Crippen LogP contribution in [0, 0.1) is 5.92 Å². The summed E-state index contributed by atoms with van der Waals surface area (Å²) in [4.78, 5) is 42.7. The highest BCUT2D eigenvalue weighted by Crippen LogP contribution is 2.28. The molecule has 8 nitrogen and oxygen atoms in total. The molecule has 0 radical (unpaired) electrons. The van der Waals surface area contributed by atoms with Crippen LogP contribution in [-0.4, -0.2) is 82.0 Å². The summed E-state index contributed by atoms with van der Waals surface area (Å²) in [5.74, 6) is 0.0611. The fourth-order valence-electron chi connectivity index (χ4n) is 5.96. The van der Waals surface area contributed by atoms with Crippen LogP contribution < -0.4 is 10.6 Å². The molecule has 2 amide bonds.